The van der Waals surface area contributed by atoms with E-state index < -0.39 is 0 Å². The Morgan fingerprint density at radius 3 is 2.69 bits per heavy atom. The fourth-order valence-corrected chi connectivity index (χ4v) is 3.48. The van der Waals surface area contributed by atoms with Gasteiger partial charge in [0.25, 0.3) is 0 Å². The molecule has 1 N–H and O–H groups in total. The zero-order chi connectivity index (χ0) is 11.6. The van der Waals surface area contributed by atoms with Crippen molar-refractivity contribution < 1.29 is 0 Å². The summed E-state index contributed by atoms with van der Waals surface area (Å²) in [4.78, 5) is 5.30. The zero-order valence-electron chi connectivity index (χ0n) is 11.1. The predicted molar refractivity (Wildman–Crippen MR) is 68.8 cm³/mol. The molecular formula is C13H27N3. The Kier molecular flexibility index (Phi) is 3.88. The molecule has 1 atom stereocenters. The molecule has 16 heavy (non-hydrogen) atoms. The Labute approximate surface area is 100 Å². The minimum Gasteiger partial charge on any atom is -0.315 e. The topological polar surface area (TPSA) is 18.5 Å². The van der Waals surface area contributed by atoms with Crippen LogP contribution in [0, 0.1) is 0 Å². The first kappa shape index (κ1) is 12.3. The summed E-state index contributed by atoms with van der Waals surface area (Å²) >= 11 is 0. The lowest BCUT2D eigenvalue weighted by molar-refractivity contribution is -0.00387. The van der Waals surface area contributed by atoms with Crippen LogP contribution in [0.3, 0.4) is 0 Å². The van der Waals surface area contributed by atoms with Crippen molar-refractivity contribution in [3.05, 3.63) is 0 Å². The summed E-state index contributed by atoms with van der Waals surface area (Å²) < 4.78 is 0. The highest BCUT2D eigenvalue weighted by molar-refractivity contribution is 4.99. The quantitative estimate of drug-likeness (QED) is 0.761. The second-order valence-corrected chi connectivity index (χ2v) is 5.51. The van der Waals surface area contributed by atoms with Crippen LogP contribution in [0.1, 0.15) is 33.1 Å². The van der Waals surface area contributed by atoms with Gasteiger partial charge in [0.05, 0.1) is 0 Å². The van der Waals surface area contributed by atoms with Gasteiger partial charge in [-0.3, -0.25) is 4.90 Å². The van der Waals surface area contributed by atoms with Crippen molar-refractivity contribution in [2.24, 2.45) is 0 Å². The molecule has 2 fully saturated rings. The van der Waals surface area contributed by atoms with Crippen molar-refractivity contribution in [2.45, 2.75) is 44.7 Å². The van der Waals surface area contributed by atoms with E-state index in [4.69, 9.17) is 0 Å². The standard InChI is InChI=1S/C13H27N3/c1-4-13(5-2)11-14-7-6-12-10-15(3)8-9-16(12)13/h12,14H,4-11H2,1-3H3. The van der Waals surface area contributed by atoms with Gasteiger partial charge in [0, 0.05) is 37.8 Å². The van der Waals surface area contributed by atoms with E-state index in [1.807, 2.05) is 0 Å². The van der Waals surface area contributed by atoms with Crippen molar-refractivity contribution in [3.8, 4) is 0 Å². The highest BCUT2D eigenvalue weighted by Gasteiger charge is 2.40. The zero-order valence-corrected chi connectivity index (χ0v) is 11.1. The molecule has 2 rings (SSSR count). The Bertz CT molecular complexity index is 225. The molecule has 3 heteroatoms. The van der Waals surface area contributed by atoms with Crippen molar-refractivity contribution >= 4 is 0 Å². The van der Waals surface area contributed by atoms with Crippen LogP contribution in [0.4, 0.5) is 0 Å². The molecular weight excluding hydrogens is 198 g/mol. The third-order valence-electron chi connectivity index (χ3n) is 4.72. The van der Waals surface area contributed by atoms with Crippen LogP contribution in [0.25, 0.3) is 0 Å². The number of likely N-dealkylation sites (N-methyl/N-ethyl adjacent to an activating group) is 1. The summed E-state index contributed by atoms with van der Waals surface area (Å²) in [7, 11) is 2.26. The van der Waals surface area contributed by atoms with Gasteiger partial charge in [0.2, 0.25) is 0 Å². The van der Waals surface area contributed by atoms with Crippen LogP contribution >= 0.6 is 0 Å². The molecule has 2 aliphatic rings. The lowest BCUT2D eigenvalue weighted by atomic mass is 9.88. The van der Waals surface area contributed by atoms with Crippen molar-refractivity contribution in [1.29, 1.82) is 0 Å². The lowest BCUT2D eigenvalue weighted by Crippen LogP contribution is -2.62. The molecule has 94 valence electrons. The normalized spacial score (nSPS) is 32.1. The first-order chi connectivity index (χ1) is 7.72. The second kappa shape index (κ2) is 5.03. The number of hydrogen-bond acceptors (Lipinski definition) is 3. The Morgan fingerprint density at radius 2 is 2.00 bits per heavy atom. The molecule has 0 bridgehead atoms. The van der Waals surface area contributed by atoms with Gasteiger partial charge in [0.15, 0.2) is 0 Å². The van der Waals surface area contributed by atoms with Crippen LogP contribution in [0.5, 0.6) is 0 Å². The molecule has 0 amide bonds. The summed E-state index contributed by atoms with van der Waals surface area (Å²) in [5.41, 5.74) is 0.419. The number of piperazine rings is 1. The minimum absolute atomic E-state index is 0.419. The molecule has 0 aromatic carbocycles. The van der Waals surface area contributed by atoms with E-state index in [0.717, 1.165) is 6.04 Å². The van der Waals surface area contributed by atoms with Crippen molar-refractivity contribution in [2.75, 3.05) is 39.8 Å². The van der Waals surface area contributed by atoms with E-state index >= 15 is 0 Å². The number of nitrogens with one attached hydrogen (secondary N) is 1. The summed E-state index contributed by atoms with van der Waals surface area (Å²) in [6.45, 7) is 10.8. The maximum Gasteiger partial charge on any atom is 0.0332 e. The van der Waals surface area contributed by atoms with E-state index in [2.05, 4.69) is 36.0 Å². The molecule has 2 heterocycles. The molecule has 0 aromatic heterocycles. The predicted octanol–water partition coefficient (Wildman–Crippen LogP) is 1.15. The van der Waals surface area contributed by atoms with Crippen molar-refractivity contribution in [3.63, 3.8) is 0 Å². The van der Waals surface area contributed by atoms with E-state index in [1.54, 1.807) is 0 Å². The van der Waals surface area contributed by atoms with Crippen LogP contribution in [0.2, 0.25) is 0 Å². The monoisotopic (exact) mass is 225 g/mol. The minimum atomic E-state index is 0.419. The van der Waals surface area contributed by atoms with Crippen LogP contribution in [0.15, 0.2) is 0 Å². The van der Waals surface area contributed by atoms with Crippen LogP contribution < -0.4 is 5.32 Å². The average molecular weight is 225 g/mol. The molecule has 0 aliphatic carbocycles. The van der Waals surface area contributed by atoms with Gasteiger partial charge in [-0.15, -0.1) is 0 Å². The fraction of sp³-hybridized carbons (Fsp3) is 1.00. The molecule has 0 spiro atoms. The van der Waals surface area contributed by atoms with E-state index in [-0.39, 0.29) is 0 Å². The Morgan fingerprint density at radius 1 is 1.25 bits per heavy atom. The SMILES string of the molecule is CCC1(CC)CNCCC2CN(C)CCN21. The van der Waals surface area contributed by atoms with Gasteiger partial charge in [-0.05, 0) is 32.9 Å². The van der Waals surface area contributed by atoms with E-state index in [0.29, 0.717) is 5.54 Å². The van der Waals surface area contributed by atoms with E-state index in [1.165, 1.54) is 52.0 Å². The summed E-state index contributed by atoms with van der Waals surface area (Å²) in [5.74, 6) is 0. The molecule has 0 saturated carbocycles. The third kappa shape index (κ3) is 2.13. The number of fused-ring (bicyclic) bond motifs is 1. The molecule has 2 saturated heterocycles. The van der Waals surface area contributed by atoms with E-state index in [9.17, 15) is 0 Å². The third-order valence-corrected chi connectivity index (χ3v) is 4.72. The summed E-state index contributed by atoms with van der Waals surface area (Å²) in [6, 6.07) is 0.772. The molecule has 0 aromatic rings. The van der Waals surface area contributed by atoms with Crippen molar-refractivity contribution in [1.82, 2.24) is 15.1 Å². The van der Waals surface area contributed by atoms with Gasteiger partial charge in [-0.2, -0.15) is 0 Å². The largest absolute Gasteiger partial charge is 0.315 e. The Hall–Kier alpha value is -0.120. The van der Waals surface area contributed by atoms with Gasteiger partial charge >= 0.3 is 0 Å². The second-order valence-electron chi connectivity index (χ2n) is 5.51. The molecule has 3 nitrogen and oxygen atoms in total. The smallest absolute Gasteiger partial charge is 0.0332 e. The highest BCUT2D eigenvalue weighted by atomic mass is 15.3. The van der Waals surface area contributed by atoms with Crippen LogP contribution in [-0.2, 0) is 0 Å². The fourth-order valence-electron chi connectivity index (χ4n) is 3.48. The Balaban J connectivity index is 2.18. The summed E-state index contributed by atoms with van der Waals surface area (Å²) in [5, 5.41) is 3.65. The molecule has 0 radical (unpaired) electrons. The lowest BCUT2D eigenvalue weighted by Gasteiger charge is -2.50. The van der Waals surface area contributed by atoms with Gasteiger partial charge < -0.3 is 10.2 Å². The highest BCUT2D eigenvalue weighted by Crippen LogP contribution is 2.30. The van der Waals surface area contributed by atoms with Gasteiger partial charge in [-0.25, -0.2) is 0 Å². The van der Waals surface area contributed by atoms with Gasteiger partial charge in [0.1, 0.15) is 0 Å². The number of nitrogens with zero attached hydrogens (tertiary/aromatic N) is 2. The molecule has 2 aliphatic heterocycles. The first-order valence-electron chi connectivity index (χ1n) is 6.88. The van der Waals surface area contributed by atoms with Gasteiger partial charge in [-0.1, -0.05) is 13.8 Å². The van der Waals surface area contributed by atoms with Crippen LogP contribution in [-0.4, -0.2) is 61.2 Å². The average Bonchev–Trinajstić information content (AvgIpc) is 2.48. The summed E-state index contributed by atoms with van der Waals surface area (Å²) in [6.07, 6.45) is 3.86. The maximum absolute atomic E-state index is 3.65. The number of rotatable bonds is 2. The maximum atomic E-state index is 3.65. The first-order valence-corrected chi connectivity index (χ1v) is 6.88. The molecule has 1 unspecified atom stereocenters. The number of hydrogen-bond donors (Lipinski definition) is 1.